The predicted molar refractivity (Wildman–Crippen MR) is 115 cm³/mol. The van der Waals surface area contributed by atoms with Crippen molar-refractivity contribution in [2.45, 2.75) is 51.6 Å². The minimum atomic E-state index is -0.276. The summed E-state index contributed by atoms with van der Waals surface area (Å²) in [6.45, 7) is 5.78. The highest BCUT2D eigenvalue weighted by Gasteiger charge is 2.31. The number of rotatable bonds is 5. The highest BCUT2D eigenvalue weighted by molar-refractivity contribution is 7.16. The van der Waals surface area contributed by atoms with Crippen LogP contribution in [0.25, 0.3) is 0 Å². The molecule has 0 aromatic carbocycles. The Hall–Kier alpha value is -1.95. The number of anilines is 1. The zero-order valence-electron chi connectivity index (χ0n) is 17.6. The predicted octanol–water partition coefficient (Wildman–Crippen LogP) is 2.40. The number of nitrogens with zero attached hydrogens (tertiary/aromatic N) is 3. The van der Waals surface area contributed by atoms with Gasteiger partial charge >= 0.3 is 0 Å². The van der Waals surface area contributed by atoms with Gasteiger partial charge in [-0.15, -0.1) is 11.3 Å². The molecular weight excluding hydrogens is 400 g/mol. The highest BCUT2D eigenvalue weighted by atomic mass is 32.1. The van der Waals surface area contributed by atoms with Crippen molar-refractivity contribution in [3.05, 3.63) is 16.0 Å². The van der Waals surface area contributed by atoms with Crippen LogP contribution in [0, 0.1) is 17.2 Å². The molecule has 4 rings (SSSR count). The van der Waals surface area contributed by atoms with Crippen LogP contribution >= 0.6 is 11.3 Å². The smallest absolute Gasteiger partial charge is 0.251 e. The summed E-state index contributed by atoms with van der Waals surface area (Å²) in [5, 5.41) is 13.3. The summed E-state index contributed by atoms with van der Waals surface area (Å²) in [5.74, 6) is 0.681. The van der Waals surface area contributed by atoms with Crippen molar-refractivity contribution in [2.75, 3.05) is 44.6 Å². The number of carbonyl (C=O) groups excluding carboxylic acids is 2. The van der Waals surface area contributed by atoms with Crippen LogP contribution in [0.2, 0.25) is 0 Å². The van der Waals surface area contributed by atoms with Gasteiger partial charge in [-0.25, -0.2) is 0 Å². The zero-order chi connectivity index (χ0) is 21.1. The molecule has 1 aromatic heterocycles. The van der Waals surface area contributed by atoms with Crippen molar-refractivity contribution >= 4 is 28.2 Å². The molecule has 8 heteroatoms. The number of nitriles is 1. The molecule has 1 aromatic rings. The van der Waals surface area contributed by atoms with Gasteiger partial charge in [0.25, 0.3) is 5.91 Å². The average Bonchev–Trinajstić information content (AvgIpc) is 3.40. The molecule has 3 aliphatic rings. The fourth-order valence-electron chi connectivity index (χ4n) is 4.68. The first kappa shape index (κ1) is 21.3. The number of piperazine rings is 1. The Labute approximate surface area is 182 Å². The number of thiophene rings is 1. The molecule has 7 nitrogen and oxygen atoms in total. The Morgan fingerprint density at radius 3 is 2.73 bits per heavy atom. The summed E-state index contributed by atoms with van der Waals surface area (Å²) in [4.78, 5) is 30.3. The van der Waals surface area contributed by atoms with Crippen molar-refractivity contribution < 1.29 is 14.3 Å². The van der Waals surface area contributed by atoms with Crippen LogP contribution in [0.15, 0.2) is 0 Å². The third-order valence-electron chi connectivity index (χ3n) is 6.57. The number of hydrogen-bond acceptors (Lipinski definition) is 6. The molecule has 2 saturated heterocycles. The standard InChI is InChI=1S/C22H30N4O3S/c1-2-15-5-6-16-17(13-23)21(30-19(16)12-15)24-20(27)14-25-7-9-26(10-8-25)22(28)18-4-3-11-29-18/h15,18H,2-12,14H2,1H3,(H,24,27). The molecule has 30 heavy (non-hydrogen) atoms. The lowest BCUT2D eigenvalue weighted by Gasteiger charge is -2.35. The topological polar surface area (TPSA) is 85.7 Å². The molecule has 1 aliphatic carbocycles. The van der Waals surface area contributed by atoms with E-state index in [2.05, 4.69) is 23.2 Å². The molecule has 162 valence electrons. The molecular formula is C22H30N4O3S. The molecule has 2 atom stereocenters. The molecule has 2 fully saturated rings. The third kappa shape index (κ3) is 4.53. The van der Waals surface area contributed by atoms with Gasteiger partial charge in [0.05, 0.1) is 12.1 Å². The summed E-state index contributed by atoms with van der Waals surface area (Å²) in [7, 11) is 0. The van der Waals surface area contributed by atoms with Gasteiger partial charge in [0.15, 0.2) is 0 Å². The Morgan fingerprint density at radius 2 is 2.07 bits per heavy atom. The normalized spacial score (nSPS) is 24.3. The average molecular weight is 431 g/mol. The van der Waals surface area contributed by atoms with E-state index in [0.717, 1.165) is 44.1 Å². The van der Waals surface area contributed by atoms with Crippen molar-refractivity contribution in [2.24, 2.45) is 5.92 Å². The molecule has 2 amide bonds. The van der Waals surface area contributed by atoms with E-state index in [4.69, 9.17) is 4.74 Å². The van der Waals surface area contributed by atoms with E-state index in [9.17, 15) is 14.9 Å². The van der Waals surface area contributed by atoms with E-state index in [1.165, 1.54) is 4.88 Å². The Balaban J connectivity index is 1.30. The van der Waals surface area contributed by atoms with E-state index in [-0.39, 0.29) is 24.5 Å². The monoisotopic (exact) mass is 430 g/mol. The second-order valence-corrected chi connectivity index (χ2v) is 9.59. The van der Waals surface area contributed by atoms with Gasteiger partial charge in [0.1, 0.15) is 17.2 Å². The third-order valence-corrected chi connectivity index (χ3v) is 7.74. The van der Waals surface area contributed by atoms with E-state index >= 15 is 0 Å². The van der Waals surface area contributed by atoms with Crippen molar-refractivity contribution in [1.29, 1.82) is 5.26 Å². The van der Waals surface area contributed by atoms with Gasteiger partial charge in [0, 0.05) is 37.7 Å². The SMILES string of the molecule is CCC1CCc2c(sc(NC(=O)CN3CCN(C(=O)C4CCCO4)CC3)c2C#N)C1. The van der Waals surface area contributed by atoms with Crippen molar-refractivity contribution in [3.63, 3.8) is 0 Å². The number of nitrogens with one attached hydrogen (secondary N) is 1. The highest BCUT2D eigenvalue weighted by Crippen LogP contribution is 2.40. The van der Waals surface area contributed by atoms with Crippen LogP contribution in [0.4, 0.5) is 5.00 Å². The van der Waals surface area contributed by atoms with Crippen LogP contribution in [0.5, 0.6) is 0 Å². The minimum Gasteiger partial charge on any atom is -0.368 e. The maximum absolute atomic E-state index is 12.7. The van der Waals surface area contributed by atoms with Gasteiger partial charge < -0.3 is 15.0 Å². The fourth-order valence-corrected chi connectivity index (χ4v) is 6.01. The Morgan fingerprint density at radius 1 is 1.27 bits per heavy atom. The summed E-state index contributed by atoms with van der Waals surface area (Å²) in [6.07, 6.45) is 5.71. The molecule has 2 aliphatic heterocycles. The Kier molecular flexibility index (Phi) is 6.71. The second kappa shape index (κ2) is 9.46. The first-order valence-electron chi connectivity index (χ1n) is 11.1. The van der Waals surface area contributed by atoms with Crippen LogP contribution < -0.4 is 5.32 Å². The molecule has 0 bridgehead atoms. The second-order valence-electron chi connectivity index (χ2n) is 8.49. The Bertz CT molecular complexity index is 832. The molecule has 0 radical (unpaired) electrons. The van der Waals surface area contributed by atoms with E-state index in [0.29, 0.717) is 49.3 Å². The molecule has 2 unspecified atom stereocenters. The lowest BCUT2D eigenvalue weighted by molar-refractivity contribution is -0.142. The maximum atomic E-state index is 12.7. The number of hydrogen-bond donors (Lipinski definition) is 1. The maximum Gasteiger partial charge on any atom is 0.251 e. The zero-order valence-corrected chi connectivity index (χ0v) is 18.4. The van der Waals surface area contributed by atoms with Gasteiger partial charge in [-0.05, 0) is 43.6 Å². The largest absolute Gasteiger partial charge is 0.368 e. The first-order chi connectivity index (χ1) is 14.6. The molecule has 1 N–H and O–H groups in total. The van der Waals surface area contributed by atoms with Gasteiger partial charge in [-0.2, -0.15) is 5.26 Å². The first-order valence-corrected chi connectivity index (χ1v) is 11.9. The summed E-state index contributed by atoms with van der Waals surface area (Å²) >= 11 is 1.57. The quantitative estimate of drug-likeness (QED) is 0.775. The van der Waals surface area contributed by atoms with Crippen LogP contribution in [0.1, 0.15) is 48.6 Å². The van der Waals surface area contributed by atoms with Crippen LogP contribution in [-0.4, -0.2) is 67.0 Å². The van der Waals surface area contributed by atoms with E-state index in [1.54, 1.807) is 11.3 Å². The summed E-state index contributed by atoms with van der Waals surface area (Å²) in [6, 6.07) is 2.32. The lowest BCUT2D eigenvalue weighted by Crippen LogP contribution is -2.52. The molecule has 3 heterocycles. The number of fused-ring (bicyclic) bond motifs is 1. The molecule has 0 saturated carbocycles. The van der Waals surface area contributed by atoms with Crippen molar-refractivity contribution in [3.8, 4) is 6.07 Å². The van der Waals surface area contributed by atoms with Crippen LogP contribution in [0.3, 0.4) is 0 Å². The minimum absolute atomic E-state index is 0.0870. The lowest BCUT2D eigenvalue weighted by atomic mass is 9.86. The van der Waals surface area contributed by atoms with Crippen molar-refractivity contribution in [1.82, 2.24) is 9.80 Å². The van der Waals surface area contributed by atoms with Crippen LogP contribution in [-0.2, 0) is 27.2 Å². The summed E-state index contributed by atoms with van der Waals surface area (Å²) in [5.41, 5.74) is 1.80. The number of ether oxygens (including phenoxy) is 1. The van der Waals surface area contributed by atoms with Gasteiger partial charge in [0.2, 0.25) is 5.91 Å². The number of amides is 2. The summed E-state index contributed by atoms with van der Waals surface area (Å²) < 4.78 is 5.50. The van der Waals surface area contributed by atoms with Gasteiger partial charge in [-0.3, -0.25) is 14.5 Å². The fraction of sp³-hybridized carbons (Fsp3) is 0.682. The number of carbonyl (C=O) groups is 2. The van der Waals surface area contributed by atoms with E-state index in [1.807, 2.05) is 4.90 Å². The van der Waals surface area contributed by atoms with Gasteiger partial charge in [-0.1, -0.05) is 13.3 Å². The molecule has 0 spiro atoms. The van der Waals surface area contributed by atoms with E-state index < -0.39 is 0 Å².